The summed E-state index contributed by atoms with van der Waals surface area (Å²) in [6, 6.07) is 16.8. The number of methoxy groups -OCH3 is 1. The molecule has 0 saturated carbocycles. The Bertz CT molecular complexity index is 1220. The van der Waals surface area contributed by atoms with Crippen molar-refractivity contribution in [2.75, 3.05) is 13.7 Å². The molecule has 0 aliphatic rings. The topological polar surface area (TPSA) is 86.2 Å². The average Bonchev–Trinajstić information content (AvgIpc) is 3.28. The van der Waals surface area contributed by atoms with E-state index in [9.17, 15) is 9.18 Å². The molecule has 2 aromatic carbocycles. The lowest BCUT2D eigenvalue weighted by Crippen LogP contribution is -2.25. The third kappa shape index (κ3) is 6.11. The molecular weight excluding hydrogens is 443 g/mol. The summed E-state index contributed by atoms with van der Waals surface area (Å²) in [6.07, 6.45) is 2.83. The minimum Gasteiger partial charge on any atom is -0.493 e. The van der Waals surface area contributed by atoms with Gasteiger partial charge in [-0.05, 0) is 48.0 Å². The number of pyridine rings is 1. The summed E-state index contributed by atoms with van der Waals surface area (Å²) in [5.41, 5.74) is 2.27. The highest BCUT2D eigenvalue weighted by molar-refractivity contribution is 7.07. The summed E-state index contributed by atoms with van der Waals surface area (Å²) >= 11 is 1.11. The summed E-state index contributed by atoms with van der Waals surface area (Å²) in [4.78, 5) is 21.1. The number of benzene rings is 2. The number of halogens is 1. The molecule has 7 nitrogen and oxygen atoms in total. The molecule has 4 rings (SSSR count). The highest BCUT2D eigenvalue weighted by atomic mass is 32.1. The largest absolute Gasteiger partial charge is 0.493 e. The summed E-state index contributed by atoms with van der Waals surface area (Å²) in [5, 5.41) is 3.22. The van der Waals surface area contributed by atoms with E-state index in [1.807, 2.05) is 18.2 Å². The van der Waals surface area contributed by atoms with Crippen LogP contribution in [-0.2, 0) is 12.8 Å². The standard InChI is InChI=1S/C24H21FN4O3S/c1-31-21-15-17(23(30)27-13-11-19-4-2-3-12-26-19)7-10-20(21)32-24-28-22(29-33-24)14-16-5-8-18(25)9-6-16/h2-10,12,15H,11,13-14H2,1H3,(H,27,30). The second-order valence-electron chi connectivity index (χ2n) is 7.07. The van der Waals surface area contributed by atoms with E-state index in [-0.39, 0.29) is 11.7 Å². The Kier molecular flexibility index (Phi) is 7.21. The number of hydrogen-bond donors (Lipinski definition) is 1. The van der Waals surface area contributed by atoms with Gasteiger partial charge in [-0.25, -0.2) is 4.39 Å². The number of carbonyl (C=O) groups excluding carboxylic acids is 1. The number of carbonyl (C=O) groups is 1. The molecule has 0 aliphatic heterocycles. The summed E-state index contributed by atoms with van der Waals surface area (Å²) in [5.74, 6) is 0.902. The van der Waals surface area contributed by atoms with Crippen LogP contribution >= 0.6 is 11.5 Å². The maximum atomic E-state index is 13.1. The summed E-state index contributed by atoms with van der Waals surface area (Å²) in [6.45, 7) is 0.470. The minimum absolute atomic E-state index is 0.215. The summed E-state index contributed by atoms with van der Waals surface area (Å²) < 4.78 is 28.6. The Hall–Kier alpha value is -3.85. The molecule has 0 unspecified atom stereocenters. The molecule has 0 atom stereocenters. The van der Waals surface area contributed by atoms with Crippen LogP contribution in [0.4, 0.5) is 4.39 Å². The Morgan fingerprint density at radius 3 is 2.70 bits per heavy atom. The van der Waals surface area contributed by atoms with Crippen molar-refractivity contribution >= 4 is 17.4 Å². The predicted octanol–water partition coefficient (Wildman–Crippen LogP) is 4.44. The van der Waals surface area contributed by atoms with Crippen LogP contribution in [-0.4, -0.2) is 33.9 Å². The Balaban J connectivity index is 1.37. The molecule has 2 heterocycles. The normalized spacial score (nSPS) is 10.6. The number of ether oxygens (including phenoxy) is 2. The lowest BCUT2D eigenvalue weighted by atomic mass is 10.1. The van der Waals surface area contributed by atoms with Crippen molar-refractivity contribution in [3.63, 3.8) is 0 Å². The predicted molar refractivity (Wildman–Crippen MR) is 122 cm³/mol. The first-order valence-corrected chi connectivity index (χ1v) is 11.0. The molecule has 0 saturated heterocycles. The van der Waals surface area contributed by atoms with Crippen molar-refractivity contribution in [1.82, 2.24) is 19.7 Å². The maximum absolute atomic E-state index is 13.1. The zero-order chi connectivity index (χ0) is 23.0. The molecule has 1 N–H and O–H groups in total. The van der Waals surface area contributed by atoms with Crippen LogP contribution in [0.25, 0.3) is 0 Å². The number of rotatable bonds is 9. The van der Waals surface area contributed by atoms with Gasteiger partial charge >= 0.3 is 0 Å². The van der Waals surface area contributed by atoms with E-state index >= 15 is 0 Å². The minimum atomic E-state index is -0.286. The molecule has 0 radical (unpaired) electrons. The van der Waals surface area contributed by atoms with Crippen LogP contribution in [0.3, 0.4) is 0 Å². The first-order valence-electron chi connectivity index (χ1n) is 10.2. The van der Waals surface area contributed by atoms with Crippen molar-refractivity contribution in [3.05, 3.63) is 95.3 Å². The lowest BCUT2D eigenvalue weighted by Gasteiger charge is -2.10. The number of hydrogen-bond acceptors (Lipinski definition) is 7. The van der Waals surface area contributed by atoms with Gasteiger partial charge in [0.25, 0.3) is 11.1 Å². The SMILES string of the molecule is COc1cc(C(=O)NCCc2ccccn2)ccc1Oc1nc(Cc2ccc(F)cc2)ns1. The van der Waals surface area contributed by atoms with Crippen molar-refractivity contribution in [2.24, 2.45) is 0 Å². The highest BCUT2D eigenvalue weighted by Crippen LogP contribution is 2.33. The van der Waals surface area contributed by atoms with Gasteiger partial charge in [0, 0.05) is 48.4 Å². The van der Waals surface area contributed by atoms with Gasteiger partial charge in [-0.2, -0.15) is 9.36 Å². The molecule has 33 heavy (non-hydrogen) atoms. The van der Waals surface area contributed by atoms with Crippen LogP contribution in [0.2, 0.25) is 0 Å². The lowest BCUT2D eigenvalue weighted by molar-refractivity contribution is 0.0953. The molecule has 0 bridgehead atoms. The fourth-order valence-electron chi connectivity index (χ4n) is 3.08. The highest BCUT2D eigenvalue weighted by Gasteiger charge is 2.14. The van der Waals surface area contributed by atoms with Crippen molar-refractivity contribution in [1.29, 1.82) is 0 Å². The first kappa shape index (κ1) is 22.3. The second-order valence-corrected chi connectivity index (χ2v) is 7.79. The Morgan fingerprint density at radius 1 is 1.09 bits per heavy atom. The number of aromatic nitrogens is 3. The van der Waals surface area contributed by atoms with Crippen LogP contribution < -0.4 is 14.8 Å². The van der Waals surface area contributed by atoms with Gasteiger partial charge in [0.2, 0.25) is 0 Å². The van der Waals surface area contributed by atoms with Gasteiger partial charge < -0.3 is 14.8 Å². The average molecular weight is 465 g/mol. The van der Waals surface area contributed by atoms with Gasteiger partial charge in [-0.15, -0.1) is 0 Å². The maximum Gasteiger partial charge on any atom is 0.298 e. The van der Waals surface area contributed by atoms with Crippen molar-refractivity contribution < 1.29 is 18.7 Å². The second kappa shape index (κ2) is 10.6. The van der Waals surface area contributed by atoms with Crippen LogP contribution in [0.5, 0.6) is 16.7 Å². The van der Waals surface area contributed by atoms with E-state index in [1.165, 1.54) is 19.2 Å². The molecular formula is C24H21FN4O3S. The molecule has 9 heteroatoms. The Morgan fingerprint density at radius 2 is 1.94 bits per heavy atom. The van der Waals surface area contributed by atoms with Gasteiger partial charge in [0.15, 0.2) is 17.3 Å². The van der Waals surface area contributed by atoms with E-state index in [0.29, 0.717) is 47.5 Å². The number of nitrogens with zero attached hydrogens (tertiary/aromatic N) is 3. The van der Waals surface area contributed by atoms with Crippen molar-refractivity contribution in [3.8, 4) is 16.7 Å². The summed E-state index contributed by atoms with van der Waals surface area (Å²) in [7, 11) is 1.50. The molecule has 0 aliphatic carbocycles. The molecule has 168 valence electrons. The quantitative estimate of drug-likeness (QED) is 0.394. The van der Waals surface area contributed by atoms with E-state index < -0.39 is 0 Å². The smallest absolute Gasteiger partial charge is 0.298 e. The molecule has 0 fully saturated rings. The van der Waals surface area contributed by atoms with Gasteiger partial charge in [-0.1, -0.05) is 18.2 Å². The first-order chi connectivity index (χ1) is 16.1. The number of nitrogens with one attached hydrogen (secondary N) is 1. The van der Waals surface area contributed by atoms with E-state index in [0.717, 1.165) is 22.8 Å². The van der Waals surface area contributed by atoms with E-state index in [1.54, 1.807) is 36.5 Å². The fourth-order valence-corrected chi connectivity index (χ4v) is 3.64. The van der Waals surface area contributed by atoms with Gasteiger partial charge in [0.1, 0.15) is 5.82 Å². The van der Waals surface area contributed by atoms with E-state index in [2.05, 4.69) is 19.7 Å². The molecule has 4 aromatic rings. The third-order valence-corrected chi connectivity index (χ3v) is 5.37. The van der Waals surface area contributed by atoms with Crippen LogP contribution in [0.1, 0.15) is 27.4 Å². The van der Waals surface area contributed by atoms with Crippen molar-refractivity contribution in [2.45, 2.75) is 12.8 Å². The van der Waals surface area contributed by atoms with Gasteiger partial charge in [-0.3, -0.25) is 9.78 Å². The molecule has 1 amide bonds. The Labute approximate surface area is 194 Å². The van der Waals surface area contributed by atoms with Crippen LogP contribution in [0, 0.1) is 5.82 Å². The number of amides is 1. The van der Waals surface area contributed by atoms with Gasteiger partial charge in [0.05, 0.1) is 7.11 Å². The molecule has 2 aromatic heterocycles. The third-order valence-electron chi connectivity index (χ3n) is 4.74. The fraction of sp³-hybridized carbons (Fsp3) is 0.167. The van der Waals surface area contributed by atoms with E-state index in [4.69, 9.17) is 9.47 Å². The zero-order valence-corrected chi connectivity index (χ0v) is 18.6. The van der Waals surface area contributed by atoms with Crippen LogP contribution in [0.15, 0.2) is 66.9 Å². The monoisotopic (exact) mass is 464 g/mol. The molecule has 0 spiro atoms. The zero-order valence-electron chi connectivity index (χ0n) is 17.8.